The SMILES string of the molecule is NC(Cc1ccccc1Cl)C(=O)N1CCN(c2cccc(Cl)n2)CC1. The molecule has 7 heteroatoms. The molecule has 2 N–H and O–H groups in total. The van der Waals surface area contributed by atoms with Gasteiger partial charge >= 0.3 is 0 Å². The van der Waals surface area contributed by atoms with Crippen molar-refractivity contribution in [3.63, 3.8) is 0 Å². The zero-order valence-corrected chi connectivity index (χ0v) is 15.2. The summed E-state index contributed by atoms with van der Waals surface area (Å²) in [6.07, 6.45) is 0.439. The molecule has 1 aliphatic heterocycles. The molecule has 1 saturated heterocycles. The number of hydrogen-bond acceptors (Lipinski definition) is 4. The quantitative estimate of drug-likeness (QED) is 0.830. The molecule has 0 spiro atoms. The van der Waals surface area contributed by atoms with Gasteiger partial charge < -0.3 is 15.5 Å². The second-order valence-electron chi connectivity index (χ2n) is 6.03. The Hall–Kier alpha value is -1.82. The largest absolute Gasteiger partial charge is 0.353 e. The molecule has 1 amide bonds. The standard InChI is InChI=1S/C18H20Cl2N4O/c19-14-5-2-1-4-13(14)12-15(21)18(25)24-10-8-23(9-11-24)17-7-3-6-16(20)22-17/h1-7,15H,8-12,21H2. The Morgan fingerprint density at radius 3 is 2.48 bits per heavy atom. The van der Waals surface area contributed by atoms with Crippen molar-refractivity contribution in [2.45, 2.75) is 12.5 Å². The van der Waals surface area contributed by atoms with Crippen LogP contribution in [-0.4, -0.2) is 48.0 Å². The fraction of sp³-hybridized carbons (Fsp3) is 0.333. The van der Waals surface area contributed by atoms with E-state index in [0.29, 0.717) is 42.8 Å². The van der Waals surface area contributed by atoms with Gasteiger partial charge in [0.25, 0.3) is 0 Å². The molecule has 0 saturated carbocycles. The van der Waals surface area contributed by atoms with E-state index in [1.807, 2.05) is 41.3 Å². The molecule has 1 atom stereocenters. The number of hydrogen-bond donors (Lipinski definition) is 1. The number of piperazine rings is 1. The highest BCUT2D eigenvalue weighted by Crippen LogP contribution is 2.19. The Bertz CT molecular complexity index is 747. The van der Waals surface area contributed by atoms with E-state index in [4.69, 9.17) is 28.9 Å². The summed E-state index contributed by atoms with van der Waals surface area (Å²) in [6.45, 7) is 2.64. The van der Waals surface area contributed by atoms with Gasteiger partial charge in [0.15, 0.2) is 0 Å². The lowest BCUT2D eigenvalue weighted by molar-refractivity contribution is -0.132. The topological polar surface area (TPSA) is 62.5 Å². The summed E-state index contributed by atoms with van der Waals surface area (Å²) in [4.78, 5) is 20.9. The number of carbonyl (C=O) groups is 1. The summed E-state index contributed by atoms with van der Waals surface area (Å²) in [6, 6.07) is 12.4. The molecule has 5 nitrogen and oxygen atoms in total. The maximum atomic E-state index is 12.6. The van der Waals surface area contributed by atoms with Crippen LogP contribution in [0.25, 0.3) is 0 Å². The van der Waals surface area contributed by atoms with E-state index in [-0.39, 0.29) is 5.91 Å². The second-order valence-corrected chi connectivity index (χ2v) is 6.83. The molecule has 1 aliphatic rings. The van der Waals surface area contributed by atoms with Crippen LogP contribution in [0.4, 0.5) is 5.82 Å². The van der Waals surface area contributed by atoms with E-state index in [9.17, 15) is 4.79 Å². The number of benzene rings is 1. The highest BCUT2D eigenvalue weighted by atomic mass is 35.5. The summed E-state index contributed by atoms with van der Waals surface area (Å²) in [7, 11) is 0. The molecule has 1 fully saturated rings. The van der Waals surface area contributed by atoms with Crippen LogP contribution >= 0.6 is 23.2 Å². The Kier molecular flexibility index (Phi) is 5.78. The maximum absolute atomic E-state index is 12.6. The Balaban J connectivity index is 1.57. The average Bonchev–Trinajstić information content (AvgIpc) is 2.63. The van der Waals surface area contributed by atoms with Crippen LogP contribution < -0.4 is 10.6 Å². The minimum atomic E-state index is -0.587. The highest BCUT2D eigenvalue weighted by Gasteiger charge is 2.26. The van der Waals surface area contributed by atoms with Crippen molar-refractivity contribution in [1.29, 1.82) is 0 Å². The van der Waals surface area contributed by atoms with Gasteiger partial charge in [-0.15, -0.1) is 0 Å². The van der Waals surface area contributed by atoms with Gasteiger partial charge in [-0.3, -0.25) is 4.79 Å². The van der Waals surface area contributed by atoms with Gasteiger partial charge in [0.1, 0.15) is 11.0 Å². The molecule has 0 aliphatic carbocycles. The van der Waals surface area contributed by atoms with Gasteiger partial charge in [-0.25, -0.2) is 4.98 Å². The number of anilines is 1. The van der Waals surface area contributed by atoms with Crippen LogP contribution in [0.3, 0.4) is 0 Å². The van der Waals surface area contributed by atoms with Gasteiger partial charge in [0.2, 0.25) is 5.91 Å². The molecule has 25 heavy (non-hydrogen) atoms. The molecule has 1 aromatic heterocycles. The summed E-state index contributed by atoms with van der Waals surface area (Å²) >= 11 is 12.1. The predicted molar refractivity (Wildman–Crippen MR) is 101 cm³/mol. The number of aromatic nitrogens is 1. The molecule has 1 aromatic carbocycles. The van der Waals surface area contributed by atoms with E-state index in [1.54, 1.807) is 6.07 Å². The first kappa shape index (κ1) is 18.0. The van der Waals surface area contributed by atoms with Gasteiger partial charge in [0.05, 0.1) is 6.04 Å². The third-order valence-electron chi connectivity index (χ3n) is 4.33. The van der Waals surface area contributed by atoms with Crippen molar-refractivity contribution in [2.75, 3.05) is 31.1 Å². The van der Waals surface area contributed by atoms with Gasteiger partial charge in [-0.1, -0.05) is 47.5 Å². The van der Waals surface area contributed by atoms with Crippen molar-refractivity contribution in [2.24, 2.45) is 5.73 Å². The monoisotopic (exact) mass is 378 g/mol. The molecule has 132 valence electrons. The first-order valence-corrected chi connectivity index (χ1v) is 8.95. The number of amides is 1. The molecule has 2 heterocycles. The van der Waals surface area contributed by atoms with Crippen molar-refractivity contribution in [1.82, 2.24) is 9.88 Å². The lowest BCUT2D eigenvalue weighted by Gasteiger charge is -2.36. The van der Waals surface area contributed by atoms with Gasteiger partial charge in [0, 0.05) is 31.2 Å². The van der Waals surface area contributed by atoms with Gasteiger partial charge in [-0.05, 0) is 30.2 Å². The van der Waals surface area contributed by atoms with Crippen LogP contribution in [0.1, 0.15) is 5.56 Å². The zero-order valence-electron chi connectivity index (χ0n) is 13.7. The number of rotatable bonds is 4. The number of halogens is 2. The van der Waals surface area contributed by atoms with Crippen LogP contribution in [0.5, 0.6) is 0 Å². The fourth-order valence-electron chi connectivity index (χ4n) is 2.95. The minimum Gasteiger partial charge on any atom is -0.353 e. The third kappa shape index (κ3) is 4.42. The number of nitrogens with two attached hydrogens (primary N) is 1. The Morgan fingerprint density at radius 2 is 1.80 bits per heavy atom. The highest BCUT2D eigenvalue weighted by molar-refractivity contribution is 6.31. The van der Waals surface area contributed by atoms with E-state index in [1.165, 1.54) is 0 Å². The van der Waals surface area contributed by atoms with E-state index >= 15 is 0 Å². The normalized spacial score (nSPS) is 16.0. The van der Waals surface area contributed by atoms with Crippen molar-refractivity contribution in [3.05, 3.63) is 58.2 Å². The molecule has 1 unspecified atom stereocenters. The van der Waals surface area contributed by atoms with E-state index in [0.717, 1.165) is 11.4 Å². The van der Waals surface area contributed by atoms with Crippen LogP contribution in [0.2, 0.25) is 10.2 Å². The van der Waals surface area contributed by atoms with Crippen LogP contribution in [0.15, 0.2) is 42.5 Å². The fourth-order valence-corrected chi connectivity index (χ4v) is 3.32. The molecule has 3 rings (SSSR count). The maximum Gasteiger partial charge on any atom is 0.239 e. The van der Waals surface area contributed by atoms with Crippen LogP contribution in [-0.2, 0) is 11.2 Å². The Morgan fingerprint density at radius 1 is 1.08 bits per heavy atom. The predicted octanol–water partition coefficient (Wildman–Crippen LogP) is 2.61. The zero-order chi connectivity index (χ0) is 17.8. The van der Waals surface area contributed by atoms with E-state index in [2.05, 4.69) is 9.88 Å². The lowest BCUT2D eigenvalue weighted by atomic mass is 10.1. The number of carbonyl (C=O) groups excluding carboxylic acids is 1. The molecule has 0 bridgehead atoms. The van der Waals surface area contributed by atoms with Crippen LogP contribution in [0, 0.1) is 0 Å². The second kappa shape index (κ2) is 8.04. The first-order valence-electron chi connectivity index (χ1n) is 8.20. The molecular formula is C18H20Cl2N4O. The molecule has 2 aromatic rings. The summed E-state index contributed by atoms with van der Waals surface area (Å²) in [5, 5.41) is 1.11. The first-order chi connectivity index (χ1) is 12.0. The van der Waals surface area contributed by atoms with Crippen molar-refractivity contribution >= 4 is 34.9 Å². The molecule has 0 radical (unpaired) electrons. The summed E-state index contributed by atoms with van der Waals surface area (Å²) in [5.41, 5.74) is 7.02. The Labute approximate surface area is 157 Å². The smallest absolute Gasteiger partial charge is 0.239 e. The number of nitrogens with zero attached hydrogens (tertiary/aromatic N) is 3. The van der Waals surface area contributed by atoms with E-state index < -0.39 is 6.04 Å². The summed E-state index contributed by atoms with van der Waals surface area (Å²) in [5.74, 6) is 0.790. The molecular weight excluding hydrogens is 359 g/mol. The third-order valence-corrected chi connectivity index (χ3v) is 4.91. The summed E-state index contributed by atoms with van der Waals surface area (Å²) < 4.78 is 0. The van der Waals surface area contributed by atoms with Crippen molar-refractivity contribution in [3.8, 4) is 0 Å². The van der Waals surface area contributed by atoms with Crippen molar-refractivity contribution < 1.29 is 4.79 Å². The lowest BCUT2D eigenvalue weighted by Crippen LogP contribution is -2.53. The number of pyridine rings is 1. The average molecular weight is 379 g/mol. The minimum absolute atomic E-state index is 0.0429. The van der Waals surface area contributed by atoms with Gasteiger partial charge in [-0.2, -0.15) is 0 Å².